The van der Waals surface area contributed by atoms with Crippen LogP contribution in [0.1, 0.15) is 23.6 Å². The van der Waals surface area contributed by atoms with Crippen LogP contribution in [-0.4, -0.2) is 16.1 Å². The van der Waals surface area contributed by atoms with Gasteiger partial charge in [-0.2, -0.15) is 0 Å². The number of amides is 1. The highest BCUT2D eigenvalue weighted by molar-refractivity contribution is 5.94. The lowest BCUT2D eigenvalue weighted by molar-refractivity contribution is -0.119. The third kappa shape index (κ3) is 3.58. The third-order valence-electron chi connectivity index (χ3n) is 3.76. The van der Waals surface area contributed by atoms with E-state index in [1.165, 1.54) is 12.1 Å². The molecule has 2 aromatic carbocycles. The smallest absolute Gasteiger partial charge is 0.227 e. The molecule has 0 aliphatic rings. The van der Waals surface area contributed by atoms with E-state index in [0.717, 1.165) is 22.4 Å². The topological polar surface area (TPSA) is 69.6 Å². The van der Waals surface area contributed by atoms with Crippen molar-refractivity contribution in [3.05, 3.63) is 53.1 Å². The molecule has 0 saturated carbocycles. The monoisotopic (exact) mass is 299 g/mol. The average Bonchev–Trinajstić information content (AvgIpc) is 2.46. The summed E-state index contributed by atoms with van der Waals surface area (Å²) in [5.41, 5.74) is 3.72. The molecule has 0 aliphatic heterocycles. The summed E-state index contributed by atoms with van der Waals surface area (Å²) in [6.45, 7) is 5.77. The van der Waals surface area contributed by atoms with Crippen molar-refractivity contribution < 1.29 is 15.0 Å². The zero-order valence-corrected chi connectivity index (χ0v) is 13.1. The minimum atomic E-state index is -0.247. The first kappa shape index (κ1) is 15.9. The van der Waals surface area contributed by atoms with Crippen molar-refractivity contribution in [2.24, 2.45) is 5.92 Å². The summed E-state index contributed by atoms with van der Waals surface area (Å²) >= 11 is 0. The number of phenols is 2. The van der Waals surface area contributed by atoms with Crippen LogP contribution in [0.25, 0.3) is 0 Å². The number of hydrogen-bond acceptors (Lipinski definition) is 3. The first-order chi connectivity index (χ1) is 10.4. The Balaban J connectivity index is 2.07. The van der Waals surface area contributed by atoms with Crippen LogP contribution in [0.15, 0.2) is 36.4 Å². The summed E-state index contributed by atoms with van der Waals surface area (Å²) in [6.07, 6.45) is 0.491. The van der Waals surface area contributed by atoms with Crippen LogP contribution in [0.2, 0.25) is 0 Å². The molecule has 116 valence electrons. The van der Waals surface area contributed by atoms with Gasteiger partial charge in [-0.1, -0.05) is 31.2 Å². The first-order valence-electron chi connectivity index (χ1n) is 7.26. The number of phenolic OH excluding ortho intramolecular Hbond substituents is 2. The van der Waals surface area contributed by atoms with Gasteiger partial charge in [0.1, 0.15) is 0 Å². The van der Waals surface area contributed by atoms with Gasteiger partial charge in [-0.15, -0.1) is 0 Å². The summed E-state index contributed by atoms with van der Waals surface area (Å²) in [5.74, 6) is -0.635. The molecule has 4 nitrogen and oxygen atoms in total. The normalized spacial score (nSPS) is 12.0. The predicted molar refractivity (Wildman–Crippen MR) is 87.2 cm³/mol. The molecule has 3 N–H and O–H groups in total. The van der Waals surface area contributed by atoms with Crippen LogP contribution >= 0.6 is 0 Å². The second-order valence-electron chi connectivity index (χ2n) is 5.68. The highest BCUT2D eigenvalue weighted by Crippen LogP contribution is 2.26. The van der Waals surface area contributed by atoms with Crippen molar-refractivity contribution in [2.75, 3.05) is 5.32 Å². The maximum Gasteiger partial charge on any atom is 0.227 e. The Bertz CT molecular complexity index is 674. The summed E-state index contributed by atoms with van der Waals surface area (Å²) in [5, 5.41) is 21.8. The fourth-order valence-corrected chi connectivity index (χ4v) is 2.40. The Morgan fingerprint density at radius 3 is 2.32 bits per heavy atom. The molecule has 0 fully saturated rings. The fourth-order valence-electron chi connectivity index (χ4n) is 2.40. The van der Waals surface area contributed by atoms with Gasteiger partial charge in [0.2, 0.25) is 5.91 Å². The highest BCUT2D eigenvalue weighted by Gasteiger charge is 2.16. The maximum atomic E-state index is 12.4. The molecule has 1 atom stereocenters. The standard InChI is InChI=1S/C18H21NO3/c1-11-5-4-6-12(2)17(11)19-18(22)13(3)9-14-7-8-15(20)16(21)10-14/h4-8,10,13,20-21H,9H2,1-3H3,(H,19,22). The number of benzene rings is 2. The van der Waals surface area contributed by atoms with Gasteiger partial charge in [0, 0.05) is 11.6 Å². The molecule has 2 aromatic rings. The summed E-state index contributed by atoms with van der Waals surface area (Å²) in [4.78, 5) is 12.4. The Kier molecular flexibility index (Phi) is 4.71. The van der Waals surface area contributed by atoms with E-state index < -0.39 is 0 Å². The number of carbonyl (C=O) groups excluding carboxylic acids is 1. The van der Waals surface area contributed by atoms with Crippen LogP contribution in [0.4, 0.5) is 5.69 Å². The SMILES string of the molecule is Cc1cccc(C)c1NC(=O)C(C)Cc1ccc(O)c(O)c1. The van der Waals surface area contributed by atoms with Crippen molar-refractivity contribution >= 4 is 11.6 Å². The Labute approximate surface area is 130 Å². The number of rotatable bonds is 4. The van der Waals surface area contributed by atoms with Crippen molar-refractivity contribution in [3.8, 4) is 11.5 Å². The van der Waals surface area contributed by atoms with Gasteiger partial charge < -0.3 is 15.5 Å². The molecular formula is C18H21NO3. The largest absolute Gasteiger partial charge is 0.504 e. The molecule has 0 aromatic heterocycles. The maximum absolute atomic E-state index is 12.4. The number of hydrogen-bond donors (Lipinski definition) is 3. The van der Waals surface area contributed by atoms with E-state index in [1.54, 1.807) is 6.07 Å². The Morgan fingerprint density at radius 2 is 1.73 bits per heavy atom. The molecular weight excluding hydrogens is 278 g/mol. The van der Waals surface area contributed by atoms with Crippen molar-refractivity contribution in [2.45, 2.75) is 27.2 Å². The molecule has 22 heavy (non-hydrogen) atoms. The van der Waals surface area contributed by atoms with Crippen LogP contribution in [0.5, 0.6) is 11.5 Å². The predicted octanol–water partition coefficient (Wildman–Crippen LogP) is 3.53. The van der Waals surface area contributed by atoms with E-state index >= 15 is 0 Å². The van der Waals surface area contributed by atoms with E-state index in [4.69, 9.17) is 0 Å². The quantitative estimate of drug-likeness (QED) is 0.756. The minimum absolute atomic E-state index is 0.0648. The molecule has 1 amide bonds. The molecule has 4 heteroatoms. The van der Waals surface area contributed by atoms with Gasteiger partial charge in [0.15, 0.2) is 11.5 Å². The van der Waals surface area contributed by atoms with Gasteiger partial charge >= 0.3 is 0 Å². The number of aromatic hydroxyl groups is 2. The van der Waals surface area contributed by atoms with Crippen LogP contribution in [-0.2, 0) is 11.2 Å². The minimum Gasteiger partial charge on any atom is -0.504 e. The zero-order chi connectivity index (χ0) is 16.3. The molecule has 0 bridgehead atoms. The van der Waals surface area contributed by atoms with Crippen LogP contribution in [0, 0.1) is 19.8 Å². The van der Waals surface area contributed by atoms with E-state index in [2.05, 4.69) is 5.32 Å². The Hall–Kier alpha value is -2.49. The molecule has 0 radical (unpaired) electrons. The molecule has 2 rings (SSSR count). The lowest BCUT2D eigenvalue weighted by atomic mass is 9.99. The second-order valence-corrected chi connectivity index (χ2v) is 5.68. The molecule has 0 saturated heterocycles. The molecule has 0 spiro atoms. The van der Waals surface area contributed by atoms with Crippen molar-refractivity contribution in [1.82, 2.24) is 0 Å². The average molecular weight is 299 g/mol. The number of carbonyl (C=O) groups is 1. The number of anilines is 1. The molecule has 1 unspecified atom stereocenters. The lowest BCUT2D eigenvalue weighted by Gasteiger charge is -2.16. The van der Waals surface area contributed by atoms with E-state index in [9.17, 15) is 15.0 Å². The zero-order valence-electron chi connectivity index (χ0n) is 13.1. The van der Waals surface area contributed by atoms with Crippen LogP contribution < -0.4 is 5.32 Å². The lowest BCUT2D eigenvalue weighted by Crippen LogP contribution is -2.23. The van der Waals surface area contributed by atoms with Crippen molar-refractivity contribution in [1.29, 1.82) is 0 Å². The number of aryl methyl sites for hydroxylation is 2. The highest BCUT2D eigenvalue weighted by atomic mass is 16.3. The third-order valence-corrected chi connectivity index (χ3v) is 3.76. The summed E-state index contributed by atoms with van der Waals surface area (Å²) < 4.78 is 0. The van der Waals surface area contributed by atoms with Gasteiger partial charge in [0.05, 0.1) is 0 Å². The van der Waals surface area contributed by atoms with Crippen molar-refractivity contribution in [3.63, 3.8) is 0 Å². The molecule has 0 heterocycles. The summed E-state index contributed by atoms with van der Waals surface area (Å²) in [6, 6.07) is 10.5. The van der Waals surface area contributed by atoms with Gasteiger partial charge in [-0.25, -0.2) is 0 Å². The summed E-state index contributed by atoms with van der Waals surface area (Å²) in [7, 11) is 0. The van der Waals surface area contributed by atoms with E-state index in [0.29, 0.717) is 6.42 Å². The van der Waals surface area contributed by atoms with E-state index in [-0.39, 0.29) is 23.3 Å². The van der Waals surface area contributed by atoms with Gasteiger partial charge in [0.25, 0.3) is 0 Å². The molecule has 0 aliphatic carbocycles. The fraction of sp³-hybridized carbons (Fsp3) is 0.278. The number of para-hydroxylation sites is 1. The van der Waals surface area contributed by atoms with Crippen LogP contribution in [0.3, 0.4) is 0 Å². The van der Waals surface area contributed by atoms with E-state index in [1.807, 2.05) is 39.0 Å². The number of nitrogens with one attached hydrogen (secondary N) is 1. The van der Waals surface area contributed by atoms with Gasteiger partial charge in [-0.3, -0.25) is 4.79 Å². The first-order valence-corrected chi connectivity index (χ1v) is 7.26. The van der Waals surface area contributed by atoms with Gasteiger partial charge in [-0.05, 0) is 49.1 Å². The second kappa shape index (κ2) is 6.52. The Morgan fingerprint density at radius 1 is 1.09 bits per heavy atom.